The summed E-state index contributed by atoms with van der Waals surface area (Å²) in [6.45, 7) is 4.15. The molecule has 0 aliphatic carbocycles. The Morgan fingerprint density at radius 2 is 2.21 bits per heavy atom. The normalized spacial score (nSPS) is 19.8. The highest BCUT2D eigenvalue weighted by Crippen LogP contribution is 2.33. The van der Waals surface area contributed by atoms with Gasteiger partial charge in [0.25, 0.3) is 0 Å². The van der Waals surface area contributed by atoms with Crippen molar-refractivity contribution in [2.45, 2.75) is 19.4 Å². The number of rotatable bonds is 0. The van der Waals surface area contributed by atoms with Crippen LogP contribution in [0.15, 0.2) is 16.6 Å². The SMILES string of the molecule is CC1CNCc2cc(Br)cc(Cl)c21.Cl. The van der Waals surface area contributed by atoms with Crippen molar-refractivity contribution in [3.63, 3.8) is 0 Å². The molecule has 1 heterocycles. The summed E-state index contributed by atoms with van der Waals surface area (Å²) in [4.78, 5) is 0. The number of benzene rings is 1. The molecule has 0 aromatic heterocycles. The van der Waals surface area contributed by atoms with E-state index < -0.39 is 0 Å². The highest BCUT2D eigenvalue weighted by atomic mass is 79.9. The third-order valence-electron chi connectivity index (χ3n) is 2.44. The van der Waals surface area contributed by atoms with Gasteiger partial charge in [-0.1, -0.05) is 34.5 Å². The van der Waals surface area contributed by atoms with Crippen molar-refractivity contribution in [2.75, 3.05) is 6.54 Å². The van der Waals surface area contributed by atoms with Crippen LogP contribution >= 0.6 is 39.9 Å². The molecule has 1 aromatic rings. The van der Waals surface area contributed by atoms with E-state index in [4.69, 9.17) is 11.6 Å². The molecule has 1 aliphatic rings. The van der Waals surface area contributed by atoms with E-state index in [0.717, 1.165) is 22.6 Å². The smallest absolute Gasteiger partial charge is 0.0455 e. The Bertz CT molecular complexity index is 341. The predicted molar refractivity (Wildman–Crippen MR) is 66.5 cm³/mol. The Labute approximate surface area is 104 Å². The molecule has 1 N–H and O–H groups in total. The van der Waals surface area contributed by atoms with Crippen LogP contribution in [0.5, 0.6) is 0 Å². The lowest BCUT2D eigenvalue weighted by Crippen LogP contribution is -2.26. The van der Waals surface area contributed by atoms with Gasteiger partial charge in [-0.25, -0.2) is 0 Å². The summed E-state index contributed by atoms with van der Waals surface area (Å²) < 4.78 is 1.06. The van der Waals surface area contributed by atoms with E-state index in [0.29, 0.717) is 5.92 Å². The first-order valence-electron chi connectivity index (χ1n) is 4.37. The van der Waals surface area contributed by atoms with E-state index in [2.05, 4.69) is 34.2 Å². The van der Waals surface area contributed by atoms with Gasteiger partial charge in [0, 0.05) is 22.6 Å². The van der Waals surface area contributed by atoms with Gasteiger partial charge >= 0.3 is 0 Å². The fourth-order valence-corrected chi connectivity index (χ4v) is 2.92. The molecule has 1 atom stereocenters. The largest absolute Gasteiger partial charge is 0.312 e. The van der Waals surface area contributed by atoms with Crippen LogP contribution in [0.1, 0.15) is 24.0 Å². The van der Waals surface area contributed by atoms with Crippen LogP contribution in [-0.2, 0) is 6.54 Å². The molecule has 1 nitrogen and oxygen atoms in total. The van der Waals surface area contributed by atoms with Crippen LogP contribution < -0.4 is 5.32 Å². The fraction of sp³-hybridized carbons (Fsp3) is 0.400. The average molecular weight is 297 g/mol. The molecule has 4 heteroatoms. The monoisotopic (exact) mass is 295 g/mol. The lowest BCUT2D eigenvalue weighted by atomic mass is 9.92. The lowest BCUT2D eigenvalue weighted by Gasteiger charge is -2.24. The Morgan fingerprint density at radius 3 is 2.93 bits per heavy atom. The molecule has 0 saturated carbocycles. The summed E-state index contributed by atoms with van der Waals surface area (Å²) in [7, 11) is 0. The summed E-state index contributed by atoms with van der Waals surface area (Å²) >= 11 is 9.63. The van der Waals surface area contributed by atoms with E-state index >= 15 is 0 Å². The Morgan fingerprint density at radius 1 is 1.50 bits per heavy atom. The topological polar surface area (TPSA) is 12.0 Å². The van der Waals surface area contributed by atoms with Crippen LogP contribution in [0.3, 0.4) is 0 Å². The molecule has 14 heavy (non-hydrogen) atoms. The van der Waals surface area contributed by atoms with Gasteiger partial charge in [0.05, 0.1) is 0 Å². The molecule has 1 unspecified atom stereocenters. The van der Waals surface area contributed by atoms with Crippen molar-refractivity contribution >= 4 is 39.9 Å². The highest BCUT2D eigenvalue weighted by molar-refractivity contribution is 9.10. The molecule has 0 saturated heterocycles. The third-order valence-corrected chi connectivity index (χ3v) is 3.21. The van der Waals surface area contributed by atoms with Crippen molar-refractivity contribution in [3.05, 3.63) is 32.8 Å². The van der Waals surface area contributed by atoms with Gasteiger partial charge in [-0.3, -0.25) is 0 Å². The summed E-state index contributed by atoms with van der Waals surface area (Å²) in [6.07, 6.45) is 0. The minimum absolute atomic E-state index is 0. The first-order valence-corrected chi connectivity index (χ1v) is 5.54. The maximum absolute atomic E-state index is 6.18. The fourth-order valence-electron chi connectivity index (χ4n) is 1.86. The average Bonchev–Trinajstić information content (AvgIpc) is 2.02. The van der Waals surface area contributed by atoms with Gasteiger partial charge < -0.3 is 5.32 Å². The maximum atomic E-state index is 6.18. The van der Waals surface area contributed by atoms with Gasteiger partial charge in [0.15, 0.2) is 0 Å². The molecule has 2 rings (SSSR count). The lowest BCUT2D eigenvalue weighted by molar-refractivity contribution is 0.571. The molecule has 78 valence electrons. The molecule has 0 fully saturated rings. The van der Waals surface area contributed by atoms with E-state index in [-0.39, 0.29) is 12.4 Å². The van der Waals surface area contributed by atoms with Gasteiger partial charge in [-0.15, -0.1) is 12.4 Å². The molecule has 1 aliphatic heterocycles. The zero-order valence-corrected chi connectivity index (χ0v) is 11.0. The molecule has 0 bridgehead atoms. The number of nitrogens with one attached hydrogen (secondary N) is 1. The molecule has 0 amide bonds. The minimum atomic E-state index is 0. The molecular formula is C10H12BrCl2N. The quantitative estimate of drug-likeness (QED) is 0.769. The Balaban J connectivity index is 0.000000980. The van der Waals surface area contributed by atoms with E-state index in [1.165, 1.54) is 11.1 Å². The number of hydrogen-bond acceptors (Lipinski definition) is 1. The van der Waals surface area contributed by atoms with E-state index in [1.54, 1.807) is 0 Å². The van der Waals surface area contributed by atoms with Crippen molar-refractivity contribution in [3.8, 4) is 0 Å². The first kappa shape index (κ1) is 12.3. The highest BCUT2D eigenvalue weighted by Gasteiger charge is 2.19. The van der Waals surface area contributed by atoms with Gasteiger partial charge in [-0.05, 0) is 29.2 Å². The van der Waals surface area contributed by atoms with Crippen molar-refractivity contribution in [1.29, 1.82) is 0 Å². The zero-order chi connectivity index (χ0) is 9.42. The summed E-state index contributed by atoms with van der Waals surface area (Å²) in [5.74, 6) is 0.518. The molecule has 0 radical (unpaired) electrons. The number of halogens is 3. The zero-order valence-electron chi connectivity index (χ0n) is 7.81. The Hall–Kier alpha value is 0.240. The van der Waals surface area contributed by atoms with Gasteiger partial charge in [-0.2, -0.15) is 0 Å². The van der Waals surface area contributed by atoms with Crippen LogP contribution in [0.2, 0.25) is 5.02 Å². The summed E-state index contributed by atoms with van der Waals surface area (Å²) in [5.41, 5.74) is 2.63. The molecule has 1 aromatic carbocycles. The third kappa shape index (κ3) is 2.25. The minimum Gasteiger partial charge on any atom is -0.312 e. The number of fused-ring (bicyclic) bond motifs is 1. The second kappa shape index (κ2) is 4.84. The van der Waals surface area contributed by atoms with Crippen molar-refractivity contribution in [1.82, 2.24) is 5.32 Å². The van der Waals surface area contributed by atoms with Crippen molar-refractivity contribution < 1.29 is 0 Å². The molecular weight excluding hydrogens is 285 g/mol. The van der Waals surface area contributed by atoms with Crippen LogP contribution in [0.4, 0.5) is 0 Å². The van der Waals surface area contributed by atoms with E-state index in [9.17, 15) is 0 Å². The van der Waals surface area contributed by atoms with Crippen LogP contribution in [-0.4, -0.2) is 6.54 Å². The summed E-state index contributed by atoms with van der Waals surface area (Å²) in [5, 5.41) is 4.25. The predicted octanol–water partition coefficient (Wildman–Crippen LogP) is 3.73. The van der Waals surface area contributed by atoms with Crippen LogP contribution in [0, 0.1) is 0 Å². The summed E-state index contributed by atoms with van der Waals surface area (Å²) in [6, 6.07) is 4.12. The first-order chi connectivity index (χ1) is 6.18. The maximum Gasteiger partial charge on any atom is 0.0455 e. The van der Waals surface area contributed by atoms with Gasteiger partial charge in [0.2, 0.25) is 0 Å². The molecule has 0 spiro atoms. The van der Waals surface area contributed by atoms with Crippen molar-refractivity contribution in [2.24, 2.45) is 0 Å². The second-order valence-corrected chi connectivity index (χ2v) is 4.82. The van der Waals surface area contributed by atoms with Gasteiger partial charge in [0.1, 0.15) is 0 Å². The number of hydrogen-bond donors (Lipinski definition) is 1. The Kier molecular flexibility index (Phi) is 4.26. The van der Waals surface area contributed by atoms with E-state index in [1.807, 2.05) is 6.07 Å². The second-order valence-electron chi connectivity index (χ2n) is 3.49. The standard InChI is InChI=1S/C10H11BrClN.ClH/c1-6-4-13-5-7-2-8(11)3-9(12)10(6)7;/h2-3,6,13H,4-5H2,1H3;1H. The van der Waals surface area contributed by atoms with Crippen LogP contribution in [0.25, 0.3) is 0 Å².